The molecule has 2 spiro atoms. The molecule has 2 saturated heterocycles. The van der Waals surface area contributed by atoms with Crippen LogP contribution in [0.1, 0.15) is 38.5 Å². The van der Waals surface area contributed by atoms with Gasteiger partial charge in [-0.05, 0) is 31.6 Å². The van der Waals surface area contributed by atoms with Gasteiger partial charge in [-0.3, -0.25) is 14.4 Å². The van der Waals surface area contributed by atoms with E-state index in [4.69, 9.17) is 19.3 Å². The standard InChI is InChI=1S/C12H16O5.C11H16O5/c1-15-10(13)3-9(11(14)16-2)8-4-12(5-8)6-17-7-12;1-15-9(12)2-8(10(13)14)7-3-11(4-7)5-16-6-11/h3-7H2,1-2H3;7-8H,2-6H2,1H3,(H,13,14)/t;8-/m.0/s1. The van der Waals surface area contributed by atoms with Gasteiger partial charge in [-0.1, -0.05) is 5.57 Å². The molecule has 10 nitrogen and oxygen atoms in total. The van der Waals surface area contributed by atoms with E-state index < -0.39 is 29.8 Å². The molecule has 4 fully saturated rings. The normalized spacial score (nSPS) is 23.8. The Bertz CT molecular complexity index is 803. The first kappa shape index (κ1) is 25.2. The summed E-state index contributed by atoms with van der Waals surface area (Å²) >= 11 is 0. The lowest BCUT2D eigenvalue weighted by Gasteiger charge is -2.54. The molecule has 1 atom stereocenters. The molecule has 2 saturated carbocycles. The van der Waals surface area contributed by atoms with Crippen LogP contribution in [-0.2, 0) is 42.9 Å². The van der Waals surface area contributed by atoms with E-state index in [0.29, 0.717) is 5.57 Å². The highest BCUT2D eigenvalue weighted by atomic mass is 16.5. The van der Waals surface area contributed by atoms with E-state index in [1.165, 1.54) is 21.3 Å². The number of aliphatic carboxylic acids is 1. The van der Waals surface area contributed by atoms with Crippen molar-refractivity contribution in [1.82, 2.24) is 0 Å². The summed E-state index contributed by atoms with van der Waals surface area (Å²) in [6.07, 6.45) is 3.35. The molecular formula is C23H32O10. The smallest absolute Gasteiger partial charge is 0.334 e. The fourth-order valence-electron chi connectivity index (χ4n) is 5.03. The predicted molar refractivity (Wildman–Crippen MR) is 112 cm³/mol. The van der Waals surface area contributed by atoms with Crippen molar-refractivity contribution in [3.05, 3.63) is 11.1 Å². The van der Waals surface area contributed by atoms with Gasteiger partial charge in [0.25, 0.3) is 0 Å². The summed E-state index contributed by atoms with van der Waals surface area (Å²) in [6.45, 7) is 2.99. The Morgan fingerprint density at radius 2 is 1.45 bits per heavy atom. The van der Waals surface area contributed by atoms with Gasteiger partial charge in [-0.15, -0.1) is 0 Å². The number of methoxy groups -OCH3 is 3. The number of carbonyl (C=O) groups is 4. The van der Waals surface area contributed by atoms with Crippen LogP contribution in [0, 0.1) is 22.7 Å². The van der Waals surface area contributed by atoms with Crippen LogP contribution in [0.15, 0.2) is 11.1 Å². The number of hydrogen-bond acceptors (Lipinski definition) is 9. The molecule has 2 aliphatic carbocycles. The van der Waals surface area contributed by atoms with Gasteiger partial charge in [-0.2, -0.15) is 0 Å². The highest BCUT2D eigenvalue weighted by Crippen LogP contribution is 2.54. The lowest BCUT2D eigenvalue weighted by Crippen LogP contribution is -2.54. The van der Waals surface area contributed by atoms with Crippen LogP contribution in [0.25, 0.3) is 0 Å². The fraction of sp³-hybridized carbons (Fsp3) is 0.739. The average molecular weight is 468 g/mol. The predicted octanol–water partition coefficient (Wildman–Crippen LogP) is 1.51. The summed E-state index contributed by atoms with van der Waals surface area (Å²) in [7, 11) is 3.91. The topological polar surface area (TPSA) is 135 Å². The molecule has 2 heterocycles. The molecule has 0 amide bonds. The molecule has 0 bridgehead atoms. The van der Waals surface area contributed by atoms with Gasteiger partial charge in [-0.25, -0.2) is 4.79 Å². The quantitative estimate of drug-likeness (QED) is 0.333. The number of carbonyl (C=O) groups excluding carboxylic acids is 3. The maximum atomic E-state index is 11.6. The number of carboxylic acid groups (broad SMARTS) is 1. The van der Waals surface area contributed by atoms with E-state index in [1.807, 2.05) is 0 Å². The van der Waals surface area contributed by atoms with E-state index in [2.05, 4.69) is 9.47 Å². The van der Waals surface area contributed by atoms with Gasteiger partial charge in [0, 0.05) is 16.4 Å². The van der Waals surface area contributed by atoms with Crippen molar-refractivity contribution in [1.29, 1.82) is 0 Å². The molecule has 2 aliphatic heterocycles. The summed E-state index contributed by atoms with van der Waals surface area (Å²) in [5.41, 5.74) is 1.92. The van der Waals surface area contributed by atoms with E-state index in [-0.39, 0.29) is 29.6 Å². The zero-order valence-electron chi connectivity index (χ0n) is 19.3. The highest BCUT2D eigenvalue weighted by molar-refractivity contribution is 5.94. The summed E-state index contributed by atoms with van der Waals surface area (Å²) in [5.74, 6) is -2.69. The molecule has 0 radical (unpaired) electrons. The fourth-order valence-corrected chi connectivity index (χ4v) is 5.03. The third-order valence-electron chi connectivity index (χ3n) is 7.11. The average Bonchev–Trinajstić information content (AvgIpc) is 2.67. The number of hydrogen-bond donors (Lipinski definition) is 1. The maximum Gasteiger partial charge on any atom is 0.334 e. The molecular weight excluding hydrogens is 436 g/mol. The van der Waals surface area contributed by atoms with Crippen molar-refractivity contribution >= 4 is 23.9 Å². The first-order chi connectivity index (χ1) is 15.7. The van der Waals surface area contributed by atoms with E-state index in [9.17, 15) is 19.2 Å². The van der Waals surface area contributed by atoms with E-state index in [1.54, 1.807) is 0 Å². The van der Waals surface area contributed by atoms with Crippen molar-refractivity contribution in [2.24, 2.45) is 22.7 Å². The minimum absolute atomic E-state index is 0.00452. The molecule has 0 aromatic rings. The second-order valence-electron chi connectivity index (χ2n) is 9.56. The summed E-state index contributed by atoms with van der Waals surface area (Å²) in [4.78, 5) is 45.0. The van der Waals surface area contributed by atoms with Crippen molar-refractivity contribution in [2.45, 2.75) is 38.5 Å². The van der Waals surface area contributed by atoms with Crippen LogP contribution < -0.4 is 0 Å². The first-order valence-corrected chi connectivity index (χ1v) is 11.0. The molecule has 0 unspecified atom stereocenters. The van der Waals surface area contributed by atoms with Crippen LogP contribution in [-0.4, -0.2) is 76.7 Å². The summed E-state index contributed by atoms with van der Waals surface area (Å²) < 4.78 is 24.1. The summed E-state index contributed by atoms with van der Waals surface area (Å²) in [6, 6.07) is 0. The third kappa shape index (κ3) is 5.55. The van der Waals surface area contributed by atoms with Crippen molar-refractivity contribution < 1.29 is 48.0 Å². The Hall–Kier alpha value is -2.46. The number of allylic oxidation sites excluding steroid dienone is 1. The molecule has 10 heteroatoms. The zero-order valence-corrected chi connectivity index (χ0v) is 19.3. The van der Waals surface area contributed by atoms with Crippen LogP contribution >= 0.6 is 0 Å². The molecule has 1 N–H and O–H groups in total. The molecule has 0 aromatic carbocycles. The Labute approximate surface area is 192 Å². The van der Waals surface area contributed by atoms with Gasteiger partial charge in [0.05, 0.1) is 66.5 Å². The van der Waals surface area contributed by atoms with Crippen molar-refractivity contribution in [2.75, 3.05) is 47.8 Å². The molecule has 0 aromatic heterocycles. The van der Waals surface area contributed by atoms with Crippen molar-refractivity contribution in [3.8, 4) is 0 Å². The first-order valence-electron chi connectivity index (χ1n) is 11.0. The van der Waals surface area contributed by atoms with Gasteiger partial charge >= 0.3 is 23.9 Å². The second-order valence-corrected chi connectivity index (χ2v) is 9.56. The Morgan fingerprint density at radius 1 is 0.909 bits per heavy atom. The monoisotopic (exact) mass is 468 g/mol. The van der Waals surface area contributed by atoms with Crippen molar-refractivity contribution in [3.63, 3.8) is 0 Å². The largest absolute Gasteiger partial charge is 0.481 e. The lowest BCUT2D eigenvalue weighted by molar-refractivity contribution is -0.194. The van der Waals surface area contributed by atoms with Gasteiger partial charge < -0.3 is 28.8 Å². The van der Waals surface area contributed by atoms with E-state index >= 15 is 0 Å². The highest BCUT2D eigenvalue weighted by Gasteiger charge is 2.53. The van der Waals surface area contributed by atoms with E-state index in [0.717, 1.165) is 57.7 Å². The minimum atomic E-state index is -0.898. The maximum absolute atomic E-state index is 11.6. The number of ether oxygens (including phenoxy) is 5. The van der Waals surface area contributed by atoms with Gasteiger partial charge in [0.2, 0.25) is 0 Å². The third-order valence-corrected chi connectivity index (χ3v) is 7.11. The molecule has 184 valence electrons. The van der Waals surface area contributed by atoms with Gasteiger partial charge in [0.15, 0.2) is 0 Å². The SMILES string of the molecule is COC(=O)CC(C(=O)OC)=C1CC2(COC2)C1.COC(=O)C[C@H](C(=O)O)C1CC2(COC2)C1. The Kier molecular flexibility index (Phi) is 7.79. The van der Waals surface area contributed by atoms with Crippen LogP contribution in [0.4, 0.5) is 0 Å². The van der Waals surface area contributed by atoms with Crippen LogP contribution in [0.3, 0.4) is 0 Å². The van der Waals surface area contributed by atoms with Gasteiger partial charge in [0.1, 0.15) is 0 Å². The Balaban J connectivity index is 0.000000186. The molecule has 33 heavy (non-hydrogen) atoms. The zero-order chi connectivity index (χ0) is 24.2. The second kappa shape index (κ2) is 10.2. The number of carboxylic acids is 1. The Morgan fingerprint density at radius 3 is 1.85 bits per heavy atom. The molecule has 4 rings (SSSR count). The number of rotatable bonds is 7. The number of esters is 3. The molecule has 4 aliphatic rings. The van der Waals surface area contributed by atoms with Crippen LogP contribution in [0.5, 0.6) is 0 Å². The lowest BCUT2D eigenvalue weighted by atomic mass is 9.56. The summed E-state index contributed by atoms with van der Waals surface area (Å²) in [5, 5.41) is 9.07. The minimum Gasteiger partial charge on any atom is -0.481 e. The van der Waals surface area contributed by atoms with Crippen LogP contribution in [0.2, 0.25) is 0 Å².